The van der Waals surface area contributed by atoms with Crippen LogP contribution < -0.4 is 5.32 Å². The van der Waals surface area contributed by atoms with E-state index in [-0.39, 0.29) is 18.9 Å². The minimum atomic E-state index is -1.78. The lowest BCUT2D eigenvalue weighted by molar-refractivity contribution is -0.359. The van der Waals surface area contributed by atoms with Crippen molar-refractivity contribution in [2.24, 2.45) is 0 Å². The van der Waals surface area contributed by atoms with E-state index < -0.39 is 86.8 Å². The number of aliphatic hydroxyl groups is 8. The second kappa shape index (κ2) is 24.8. The van der Waals surface area contributed by atoms with Gasteiger partial charge in [0.1, 0.15) is 48.8 Å². The molecule has 2 saturated heterocycles. The third-order valence-electron chi connectivity index (χ3n) is 9.29. The van der Waals surface area contributed by atoms with Crippen LogP contribution >= 0.6 is 0 Å². The smallest absolute Gasteiger partial charge is 0.220 e. The third kappa shape index (κ3) is 15.1. The van der Waals surface area contributed by atoms with Crippen LogP contribution in [-0.2, 0) is 23.7 Å². The van der Waals surface area contributed by atoms with Crippen LogP contribution in [0, 0.1) is 0 Å². The average molecular weight is 708 g/mol. The van der Waals surface area contributed by atoms with Gasteiger partial charge in [-0.2, -0.15) is 0 Å². The lowest BCUT2D eigenvalue weighted by Crippen LogP contribution is -2.65. The molecule has 0 radical (unpaired) electrons. The third-order valence-corrected chi connectivity index (χ3v) is 9.29. The molecule has 9 N–H and O–H groups in total. The van der Waals surface area contributed by atoms with Gasteiger partial charge in [-0.15, -0.1) is 0 Å². The van der Waals surface area contributed by atoms with Gasteiger partial charge in [0.25, 0.3) is 0 Å². The van der Waals surface area contributed by atoms with Crippen LogP contribution in [0.3, 0.4) is 0 Å². The Balaban J connectivity index is 1.80. The summed E-state index contributed by atoms with van der Waals surface area (Å²) in [4.78, 5) is 12.2. The van der Waals surface area contributed by atoms with Crippen molar-refractivity contribution in [2.45, 2.75) is 184 Å². The van der Waals surface area contributed by atoms with Gasteiger partial charge in [0, 0.05) is 6.42 Å². The number of nitrogens with one attached hydrogen (secondary N) is 1. The molecule has 2 aliphatic heterocycles. The number of hydrogen-bond donors (Lipinski definition) is 9. The summed E-state index contributed by atoms with van der Waals surface area (Å²) in [6, 6.07) is -0.904. The van der Waals surface area contributed by atoms with Crippen molar-refractivity contribution < 1.29 is 64.6 Å². The van der Waals surface area contributed by atoms with Crippen molar-refractivity contribution in [3.63, 3.8) is 0 Å². The monoisotopic (exact) mass is 707 g/mol. The first-order valence-electron chi connectivity index (χ1n) is 18.4. The summed E-state index contributed by atoms with van der Waals surface area (Å²) in [6.45, 7) is 2.18. The van der Waals surface area contributed by atoms with E-state index in [0.29, 0.717) is 0 Å². The number of amides is 1. The molecular formula is C35H65NO13. The predicted octanol–water partition coefficient (Wildman–Crippen LogP) is 0.920. The van der Waals surface area contributed by atoms with Crippen LogP contribution in [0.4, 0.5) is 0 Å². The number of unbranched alkanes of at least 4 members (excludes halogenated alkanes) is 13. The van der Waals surface area contributed by atoms with Crippen molar-refractivity contribution >= 4 is 5.91 Å². The van der Waals surface area contributed by atoms with E-state index in [9.17, 15) is 45.6 Å². The van der Waals surface area contributed by atoms with Crippen molar-refractivity contribution in [1.29, 1.82) is 0 Å². The van der Waals surface area contributed by atoms with Gasteiger partial charge >= 0.3 is 0 Å². The molecule has 2 aliphatic rings. The van der Waals surface area contributed by atoms with Crippen molar-refractivity contribution in [3.8, 4) is 0 Å². The van der Waals surface area contributed by atoms with Gasteiger partial charge in [-0.05, 0) is 12.8 Å². The first kappa shape index (κ1) is 43.9. The Bertz CT molecular complexity index is 894. The molecule has 288 valence electrons. The second-order valence-corrected chi connectivity index (χ2v) is 13.3. The zero-order valence-electron chi connectivity index (χ0n) is 29.4. The molecule has 1 amide bonds. The Kier molecular flexibility index (Phi) is 22.2. The minimum absolute atomic E-state index is 0.163. The summed E-state index contributed by atoms with van der Waals surface area (Å²) in [5, 5.41) is 84.9. The summed E-state index contributed by atoms with van der Waals surface area (Å²) >= 11 is 0. The first-order chi connectivity index (χ1) is 23.6. The van der Waals surface area contributed by atoms with Gasteiger partial charge in [-0.1, -0.05) is 103 Å². The lowest BCUT2D eigenvalue weighted by atomic mass is 9.97. The Morgan fingerprint density at radius 3 is 1.80 bits per heavy atom. The van der Waals surface area contributed by atoms with Crippen molar-refractivity contribution in [2.75, 3.05) is 19.8 Å². The number of allylic oxidation sites excluding steroid dienone is 1. The number of ether oxygens (including phenoxy) is 4. The molecule has 0 aromatic rings. The number of carbonyl (C=O) groups is 1. The van der Waals surface area contributed by atoms with Crippen LogP contribution in [0.1, 0.15) is 110 Å². The Hall–Kier alpha value is -1.27. The summed E-state index contributed by atoms with van der Waals surface area (Å²) in [5.74, 6) is -0.330. The molecule has 0 spiro atoms. The Labute approximate surface area is 291 Å². The topological polar surface area (TPSA) is 228 Å². The normalized spacial score (nSPS) is 32.0. The summed E-state index contributed by atoms with van der Waals surface area (Å²) in [6.07, 6.45) is 3.88. The maximum atomic E-state index is 12.2. The summed E-state index contributed by atoms with van der Waals surface area (Å²) in [7, 11) is 0. The Morgan fingerprint density at radius 1 is 0.714 bits per heavy atom. The van der Waals surface area contributed by atoms with Crippen molar-refractivity contribution in [1.82, 2.24) is 5.32 Å². The maximum absolute atomic E-state index is 12.2. The molecule has 0 aromatic heterocycles. The number of aliphatic hydroxyl groups excluding tert-OH is 8. The standard InChI is InChI=1S/C35H65NO13/c1-3-5-6-7-8-9-10-11-12-13-14-15-16-17-18-19-24(39)23(36-27(40)4-2)22-46-34-32(45)30(43)33(26(21-38)48-34)49-35-31(44)29(42)28(41)25(20-37)47-35/h18-19,23-26,28-35,37-39,41-45H,3-17,20-22H2,1-2H3,(H,36,40)/b19-18+. The highest BCUT2D eigenvalue weighted by atomic mass is 16.7. The highest BCUT2D eigenvalue weighted by Gasteiger charge is 2.50. The fourth-order valence-electron chi connectivity index (χ4n) is 6.08. The van der Waals surface area contributed by atoms with Crippen LogP contribution in [-0.4, -0.2) is 140 Å². The molecule has 0 aliphatic carbocycles. The van der Waals surface area contributed by atoms with Gasteiger partial charge in [-0.25, -0.2) is 0 Å². The predicted molar refractivity (Wildman–Crippen MR) is 180 cm³/mol. The molecule has 12 atom stereocenters. The fraction of sp³-hybridized carbons (Fsp3) is 0.914. The van der Waals surface area contributed by atoms with E-state index in [1.54, 1.807) is 13.0 Å². The molecule has 14 heteroatoms. The maximum Gasteiger partial charge on any atom is 0.220 e. The lowest BCUT2D eigenvalue weighted by Gasteiger charge is -2.46. The zero-order chi connectivity index (χ0) is 36.2. The SMILES string of the molecule is CCCCCCCCCCCCCCC/C=C/C(O)C(COC1OC(CO)C(OC2OC(CO)C(O)C(O)C2O)C(O)C1O)NC(=O)CC. The van der Waals surface area contributed by atoms with E-state index in [0.717, 1.165) is 19.3 Å². The van der Waals surface area contributed by atoms with Crippen LogP contribution in [0.25, 0.3) is 0 Å². The largest absolute Gasteiger partial charge is 0.394 e. The van der Waals surface area contributed by atoms with Gasteiger partial charge in [-0.3, -0.25) is 4.79 Å². The molecule has 0 saturated carbocycles. The Morgan fingerprint density at radius 2 is 1.24 bits per heavy atom. The highest BCUT2D eigenvalue weighted by Crippen LogP contribution is 2.29. The molecule has 49 heavy (non-hydrogen) atoms. The minimum Gasteiger partial charge on any atom is -0.394 e. The van der Waals surface area contributed by atoms with Crippen LogP contribution in [0.15, 0.2) is 12.2 Å². The zero-order valence-corrected chi connectivity index (χ0v) is 29.4. The van der Waals surface area contributed by atoms with Gasteiger partial charge in [0.15, 0.2) is 12.6 Å². The number of hydrogen-bond acceptors (Lipinski definition) is 13. The van der Waals surface area contributed by atoms with Crippen LogP contribution in [0.5, 0.6) is 0 Å². The van der Waals surface area contributed by atoms with Crippen LogP contribution in [0.2, 0.25) is 0 Å². The van der Waals surface area contributed by atoms with Crippen molar-refractivity contribution in [3.05, 3.63) is 12.2 Å². The molecule has 2 heterocycles. The van der Waals surface area contributed by atoms with E-state index in [2.05, 4.69) is 12.2 Å². The molecule has 14 nitrogen and oxygen atoms in total. The van der Waals surface area contributed by atoms with Gasteiger partial charge in [0.05, 0.1) is 32.0 Å². The summed E-state index contributed by atoms with van der Waals surface area (Å²) in [5.41, 5.74) is 0. The van der Waals surface area contributed by atoms with Gasteiger partial charge in [0.2, 0.25) is 5.91 Å². The molecule has 2 fully saturated rings. The first-order valence-corrected chi connectivity index (χ1v) is 18.4. The molecule has 0 bridgehead atoms. The fourth-order valence-corrected chi connectivity index (χ4v) is 6.08. The van der Waals surface area contributed by atoms with E-state index in [1.165, 1.54) is 70.6 Å². The molecule has 2 rings (SSSR count). The van der Waals surface area contributed by atoms with E-state index in [4.69, 9.17) is 18.9 Å². The van der Waals surface area contributed by atoms with Gasteiger partial charge < -0.3 is 65.1 Å². The quantitative estimate of drug-likeness (QED) is 0.0476. The summed E-state index contributed by atoms with van der Waals surface area (Å²) < 4.78 is 22.2. The van der Waals surface area contributed by atoms with E-state index >= 15 is 0 Å². The molecule has 12 unspecified atom stereocenters. The van der Waals surface area contributed by atoms with E-state index in [1.807, 2.05) is 6.08 Å². The second-order valence-electron chi connectivity index (χ2n) is 13.3. The molecule has 0 aromatic carbocycles. The molecular weight excluding hydrogens is 642 g/mol. The number of carbonyl (C=O) groups excluding carboxylic acids is 1. The average Bonchev–Trinajstić information content (AvgIpc) is 3.10. The number of rotatable bonds is 25. The highest BCUT2D eigenvalue weighted by molar-refractivity contribution is 5.75.